The Morgan fingerprint density at radius 2 is 2.14 bits per heavy atom. The Morgan fingerprint density at radius 3 is 2.68 bits per heavy atom. The summed E-state index contributed by atoms with van der Waals surface area (Å²) in [5.41, 5.74) is -1.04. The van der Waals surface area contributed by atoms with Crippen molar-refractivity contribution in [2.45, 2.75) is 33.3 Å². The summed E-state index contributed by atoms with van der Waals surface area (Å²) in [4.78, 5) is 35.2. The molecule has 0 bridgehead atoms. The number of nitrogens with one attached hydrogen (secondary N) is 2. The molecule has 0 saturated heterocycles. The lowest BCUT2D eigenvalue weighted by Crippen LogP contribution is -2.32. The van der Waals surface area contributed by atoms with E-state index in [0.29, 0.717) is 5.56 Å². The van der Waals surface area contributed by atoms with Crippen LogP contribution in [0.1, 0.15) is 31.9 Å². The molecule has 0 atom stereocenters. The van der Waals surface area contributed by atoms with Crippen LogP contribution in [-0.4, -0.2) is 28.1 Å². The van der Waals surface area contributed by atoms with Gasteiger partial charge in [0.15, 0.2) is 0 Å². The fourth-order valence-electron chi connectivity index (χ4n) is 1.66. The van der Waals surface area contributed by atoms with Gasteiger partial charge in [0.05, 0.1) is 4.92 Å². The Hall–Kier alpha value is -2.64. The number of aromatic amines is 1. The Balaban J connectivity index is 2.72. The number of alkyl carbamates (subject to hydrolysis) is 1. The van der Waals surface area contributed by atoms with Crippen molar-refractivity contribution in [3.63, 3.8) is 0 Å². The summed E-state index contributed by atoms with van der Waals surface area (Å²) in [5.74, 6) is 0. The van der Waals surface area contributed by atoms with E-state index in [1.165, 1.54) is 13.1 Å². The molecule has 0 aromatic carbocycles. The summed E-state index contributed by atoms with van der Waals surface area (Å²) in [6, 6.07) is 0. The van der Waals surface area contributed by atoms with Crippen molar-refractivity contribution in [2.24, 2.45) is 0 Å². The normalized spacial score (nSPS) is 11.5. The van der Waals surface area contributed by atoms with Gasteiger partial charge in [-0.2, -0.15) is 0 Å². The highest BCUT2D eigenvalue weighted by Gasteiger charge is 2.18. The standard InChI is InChI=1S/C14H19N3O5/c1-9-10(8-16-12(18)11(9)17(20)21)6-5-7-15-13(19)22-14(2,3)4/h5-6,8H,7H2,1-4H3,(H,15,19)(H,16,18). The molecule has 0 unspecified atom stereocenters. The molecule has 0 aliphatic carbocycles. The first-order valence-electron chi connectivity index (χ1n) is 6.62. The van der Waals surface area contributed by atoms with Crippen molar-refractivity contribution < 1.29 is 14.5 Å². The van der Waals surface area contributed by atoms with E-state index in [2.05, 4.69) is 10.3 Å². The number of hydrogen-bond acceptors (Lipinski definition) is 5. The largest absolute Gasteiger partial charge is 0.444 e. The molecule has 0 spiro atoms. The van der Waals surface area contributed by atoms with Crippen molar-refractivity contribution in [1.82, 2.24) is 10.3 Å². The Labute approximate surface area is 127 Å². The van der Waals surface area contributed by atoms with Gasteiger partial charge in [-0.05, 0) is 27.7 Å². The average Bonchev–Trinajstić information content (AvgIpc) is 2.34. The van der Waals surface area contributed by atoms with Crippen molar-refractivity contribution in [2.75, 3.05) is 6.54 Å². The van der Waals surface area contributed by atoms with Gasteiger partial charge in [0, 0.05) is 23.9 Å². The van der Waals surface area contributed by atoms with Gasteiger partial charge in [0.25, 0.3) is 0 Å². The second kappa shape index (κ2) is 6.88. The third kappa shape index (κ3) is 5.04. The minimum absolute atomic E-state index is 0.196. The number of ether oxygens (including phenoxy) is 1. The first-order chi connectivity index (χ1) is 10.1. The van der Waals surface area contributed by atoms with Crippen LogP contribution >= 0.6 is 0 Å². The van der Waals surface area contributed by atoms with Crippen molar-refractivity contribution >= 4 is 17.9 Å². The molecule has 1 rings (SSSR count). The summed E-state index contributed by atoms with van der Waals surface area (Å²) in [6.45, 7) is 6.96. The van der Waals surface area contributed by atoms with Crippen LogP contribution < -0.4 is 10.9 Å². The molecule has 22 heavy (non-hydrogen) atoms. The Kier molecular flexibility index (Phi) is 5.44. The highest BCUT2D eigenvalue weighted by Crippen LogP contribution is 2.16. The number of nitrogens with zero attached hydrogens (tertiary/aromatic N) is 1. The van der Waals surface area contributed by atoms with Crippen LogP contribution in [0.25, 0.3) is 6.08 Å². The van der Waals surface area contributed by atoms with Crippen LogP contribution in [-0.2, 0) is 4.74 Å². The molecule has 0 radical (unpaired) electrons. The second-order valence-corrected chi connectivity index (χ2v) is 5.59. The van der Waals surface area contributed by atoms with E-state index < -0.39 is 27.9 Å². The molecule has 120 valence electrons. The lowest BCUT2D eigenvalue weighted by molar-refractivity contribution is -0.386. The molecular formula is C14H19N3O5. The number of H-pyrrole nitrogens is 1. The highest BCUT2D eigenvalue weighted by atomic mass is 16.6. The van der Waals surface area contributed by atoms with E-state index >= 15 is 0 Å². The zero-order chi connectivity index (χ0) is 16.9. The molecule has 8 nitrogen and oxygen atoms in total. The molecule has 8 heteroatoms. The van der Waals surface area contributed by atoms with Crippen LogP contribution in [0.15, 0.2) is 17.1 Å². The van der Waals surface area contributed by atoms with E-state index in [9.17, 15) is 19.7 Å². The van der Waals surface area contributed by atoms with Gasteiger partial charge < -0.3 is 15.0 Å². The number of rotatable bonds is 4. The molecule has 1 heterocycles. The summed E-state index contributed by atoms with van der Waals surface area (Å²) >= 11 is 0. The maximum Gasteiger partial charge on any atom is 0.407 e. The van der Waals surface area contributed by atoms with E-state index in [1.54, 1.807) is 32.9 Å². The molecular weight excluding hydrogens is 290 g/mol. The Morgan fingerprint density at radius 1 is 1.50 bits per heavy atom. The maximum absolute atomic E-state index is 11.4. The van der Waals surface area contributed by atoms with Crippen LogP contribution in [0, 0.1) is 17.0 Å². The Bertz CT molecular complexity index is 655. The molecule has 1 aromatic heterocycles. The number of carbonyl (C=O) groups excluding carboxylic acids is 1. The molecule has 0 fully saturated rings. The van der Waals surface area contributed by atoms with Crippen LogP contribution in [0.5, 0.6) is 0 Å². The van der Waals surface area contributed by atoms with Crippen LogP contribution in [0.3, 0.4) is 0 Å². The van der Waals surface area contributed by atoms with Gasteiger partial charge in [-0.3, -0.25) is 14.9 Å². The summed E-state index contributed by atoms with van der Waals surface area (Å²) in [6.07, 6.45) is 4.01. The average molecular weight is 309 g/mol. The summed E-state index contributed by atoms with van der Waals surface area (Å²) in [7, 11) is 0. The van der Waals surface area contributed by atoms with E-state index in [4.69, 9.17) is 4.74 Å². The smallest absolute Gasteiger partial charge is 0.407 e. The topological polar surface area (TPSA) is 114 Å². The van der Waals surface area contributed by atoms with Crippen LogP contribution in [0.4, 0.5) is 10.5 Å². The zero-order valence-corrected chi connectivity index (χ0v) is 12.9. The first kappa shape index (κ1) is 17.4. The first-order valence-corrected chi connectivity index (χ1v) is 6.62. The number of amides is 1. The monoisotopic (exact) mass is 309 g/mol. The van der Waals surface area contributed by atoms with E-state index in [-0.39, 0.29) is 12.1 Å². The van der Waals surface area contributed by atoms with Gasteiger partial charge in [-0.25, -0.2) is 4.79 Å². The molecule has 2 N–H and O–H groups in total. The summed E-state index contributed by atoms with van der Waals surface area (Å²) < 4.78 is 5.06. The molecule has 0 aliphatic heterocycles. The molecule has 0 saturated carbocycles. The molecule has 0 aliphatic rings. The quantitative estimate of drug-likeness (QED) is 0.653. The van der Waals surface area contributed by atoms with Crippen LogP contribution in [0.2, 0.25) is 0 Å². The SMILES string of the molecule is Cc1c(C=CCNC(=O)OC(C)(C)C)c[nH]c(=O)c1[N+](=O)[O-]. The number of nitro groups is 1. The third-order valence-electron chi connectivity index (χ3n) is 2.61. The van der Waals surface area contributed by atoms with Crippen molar-refractivity contribution in [3.05, 3.63) is 43.9 Å². The van der Waals surface area contributed by atoms with Gasteiger partial charge in [0.2, 0.25) is 0 Å². The predicted octanol–water partition coefficient (Wildman–Crippen LogP) is 2.13. The zero-order valence-electron chi connectivity index (χ0n) is 12.9. The predicted molar refractivity (Wildman–Crippen MR) is 81.7 cm³/mol. The van der Waals surface area contributed by atoms with E-state index in [1.807, 2.05) is 0 Å². The third-order valence-corrected chi connectivity index (χ3v) is 2.61. The molecule has 1 amide bonds. The van der Waals surface area contributed by atoms with Gasteiger partial charge >= 0.3 is 17.3 Å². The maximum atomic E-state index is 11.4. The minimum atomic E-state index is -0.744. The summed E-state index contributed by atoms with van der Waals surface area (Å²) in [5, 5.41) is 13.4. The lowest BCUT2D eigenvalue weighted by atomic mass is 10.1. The number of carbonyl (C=O) groups is 1. The van der Waals surface area contributed by atoms with Crippen molar-refractivity contribution in [1.29, 1.82) is 0 Å². The lowest BCUT2D eigenvalue weighted by Gasteiger charge is -2.19. The fourth-order valence-corrected chi connectivity index (χ4v) is 1.66. The second-order valence-electron chi connectivity index (χ2n) is 5.59. The highest BCUT2D eigenvalue weighted by molar-refractivity contribution is 5.68. The number of pyridine rings is 1. The van der Waals surface area contributed by atoms with Gasteiger partial charge in [-0.15, -0.1) is 0 Å². The number of hydrogen-bond donors (Lipinski definition) is 2. The fraction of sp³-hybridized carbons (Fsp3) is 0.429. The number of aromatic nitrogens is 1. The van der Waals surface area contributed by atoms with Crippen molar-refractivity contribution in [3.8, 4) is 0 Å². The van der Waals surface area contributed by atoms with Gasteiger partial charge in [-0.1, -0.05) is 12.2 Å². The van der Waals surface area contributed by atoms with Gasteiger partial charge in [0.1, 0.15) is 5.60 Å². The van der Waals surface area contributed by atoms with E-state index in [0.717, 1.165) is 0 Å². The molecule has 1 aromatic rings. The minimum Gasteiger partial charge on any atom is -0.444 e.